The molecule has 3 heteroatoms. The summed E-state index contributed by atoms with van der Waals surface area (Å²) in [5.74, 6) is 1.81. The van der Waals surface area contributed by atoms with Crippen molar-refractivity contribution in [1.29, 1.82) is 0 Å². The molecule has 2 aromatic heterocycles. The van der Waals surface area contributed by atoms with Crippen LogP contribution in [0.1, 0.15) is 36.5 Å². The van der Waals surface area contributed by atoms with Crippen molar-refractivity contribution < 1.29 is 9.15 Å². The summed E-state index contributed by atoms with van der Waals surface area (Å²) in [6, 6.07) is 8.09. The zero-order valence-corrected chi connectivity index (χ0v) is 12.8. The molecule has 0 aliphatic rings. The van der Waals surface area contributed by atoms with Gasteiger partial charge in [-0.25, -0.2) is 4.98 Å². The molecule has 2 heterocycles. The zero-order chi connectivity index (χ0) is 15.0. The van der Waals surface area contributed by atoms with Gasteiger partial charge in [0.1, 0.15) is 5.75 Å². The largest absolute Gasteiger partial charge is 0.462 e. The first kappa shape index (κ1) is 13.7. The molecule has 0 radical (unpaired) electrons. The fourth-order valence-corrected chi connectivity index (χ4v) is 2.55. The quantitative estimate of drug-likeness (QED) is 0.648. The van der Waals surface area contributed by atoms with E-state index >= 15 is 0 Å². The van der Waals surface area contributed by atoms with E-state index in [1.165, 1.54) is 16.7 Å². The van der Waals surface area contributed by atoms with Gasteiger partial charge < -0.3 is 9.15 Å². The van der Waals surface area contributed by atoms with E-state index in [9.17, 15) is 0 Å². The number of hydrogen-bond donors (Lipinski definition) is 0. The van der Waals surface area contributed by atoms with E-state index in [0.29, 0.717) is 11.8 Å². The third-order valence-corrected chi connectivity index (χ3v) is 3.51. The smallest absolute Gasteiger partial charge is 0.220 e. The molecule has 0 bridgehead atoms. The molecular weight excluding hydrogens is 262 g/mol. The van der Waals surface area contributed by atoms with Crippen LogP contribution in [-0.2, 0) is 0 Å². The Kier molecular flexibility index (Phi) is 3.42. The Morgan fingerprint density at radius 2 is 1.76 bits per heavy atom. The molecule has 0 aliphatic carbocycles. The molecule has 3 aromatic rings. The molecule has 3 nitrogen and oxygen atoms in total. The van der Waals surface area contributed by atoms with Gasteiger partial charge in [-0.3, -0.25) is 0 Å². The second kappa shape index (κ2) is 5.24. The van der Waals surface area contributed by atoms with Crippen LogP contribution in [0.3, 0.4) is 0 Å². The molecule has 0 N–H and O–H groups in total. The maximum Gasteiger partial charge on any atom is 0.220 e. The van der Waals surface area contributed by atoms with Gasteiger partial charge in [-0.1, -0.05) is 19.9 Å². The van der Waals surface area contributed by atoms with Crippen molar-refractivity contribution in [3.05, 3.63) is 53.4 Å². The molecule has 0 atom stereocenters. The van der Waals surface area contributed by atoms with Crippen LogP contribution < -0.4 is 4.74 Å². The van der Waals surface area contributed by atoms with Gasteiger partial charge in [0.05, 0.1) is 12.5 Å². The van der Waals surface area contributed by atoms with E-state index in [0.717, 1.165) is 16.7 Å². The lowest BCUT2D eigenvalue weighted by atomic mass is 10.0. The minimum Gasteiger partial charge on any atom is -0.462 e. The molecule has 0 aliphatic heterocycles. The Balaban J connectivity index is 1.98. The number of hydrogen-bond acceptors (Lipinski definition) is 3. The number of pyridine rings is 1. The molecular formula is C18H19NO2. The minimum absolute atomic E-state index is 0.405. The lowest BCUT2D eigenvalue weighted by Gasteiger charge is -2.07. The normalized spacial score (nSPS) is 11.3. The molecule has 0 saturated carbocycles. The number of aromatic nitrogens is 1. The molecule has 3 rings (SSSR count). The van der Waals surface area contributed by atoms with Crippen LogP contribution in [0.15, 0.2) is 41.1 Å². The van der Waals surface area contributed by atoms with Crippen molar-refractivity contribution in [3.8, 4) is 11.6 Å². The summed E-state index contributed by atoms with van der Waals surface area (Å²) in [6.45, 7) is 8.41. The van der Waals surface area contributed by atoms with Crippen LogP contribution in [-0.4, -0.2) is 4.98 Å². The monoisotopic (exact) mass is 281 g/mol. The summed E-state index contributed by atoms with van der Waals surface area (Å²) in [4.78, 5) is 4.32. The number of benzene rings is 1. The molecule has 0 amide bonds. The first-order chi connectivity index (χ1) is 10.0. The standard InChI is InChI=1S/C18H19NO2/c1-11(2)16-10-20-17-9-19-18(8-15(16)17)21-14-6-12(3)5-13(4)7-14/h5-11H,1-4H3. The van der Waals surface area contributed by atoms with E-state index in [1.807, 2.05) is 18.2 Å². The average Bonchev–Trinajstić information content (AvgIpc) is 2.80. The molecule has 0 fully saturated rings. The molecule has 0 saturated heterocycles. The zero-order valence-electron chi connectivity index (χ0n) is 12.8. The number of rotatable bonds is 3. The highest BCUT2D eigenvalue weighted by Gasteiger charge is 2.11. The SMILES string of the molecule is Cc1cc(C)cc(Oc2cc3c(C(C)C)coc3cn2)c1. The van der Waals surface area contributed by atoms with E-state index in [4.69, 9.17) is 9.15 Å². The highest BCUT2D eigenvalue weighted by Crippen LogP contribution is 2.31. The summed E-state index contributed by atoms with van der Waals surface area (Å²) in [5, 5.41) is 1.07. The van der Waals surface area contributed by atoms with Crippen LogP contribution in [0.2, 0.25) is 0 Å². The van der Waals surface area contributed by atoms with Gasteiger partial charge in [-0.05, 0) is 43.0 Å². The topological polar surface area (TPSA) is 35.3 Å². The lowest BCUT2D eigenvalue weighted by Crippen LogP contribution is -1.90. The fraction of sp³-hybridized carbons (Fsp3) is 0.278. The summed E-state index contributed by atoms with van der Waals surface area (Å²) >= 11 is 0. The van der Waals surface area contributed by atoms with Crippen LogP contribution in [0.25, 0.3) is 11.0 Å². The summed E-state index contributed by atoms with van der Waals surface area (Å²) in [7, 11) is 0. The Hall–Kier alpha value is -2.29. The van der Waals surface area contributed by atoms with Crippen LogP contribution in [0, 0.1) is 13.8 Å². The Morgan fingerprint density at radius 3 is 2.43 bits per heavy atom. The van der Waals surface area contributed by atoms with E-state index < -0.39 is 0 Å². The second-order valence-corrected chi connectivity index (χ2v) is 5.79. The van der Waals surface area contributed by atoms with Gasteiger partial charge >= 0.3 is 0 Å². The van der Waals surface area contributed by atoms with Crippen molar-refractivity contribution >= 4 is 11.0 Å². The van der Waals surface area contributed by atoms with Gasteiger partial charge in [0, 0.05) is 17.0 Å². The highest BCUT2D eigenvalue weighted by molar-refractivity contribution is 5.81. The van der Waals surface area contributed by atoms with Gasteiger partial charge in [0.2, 0.25) is 5.88 Å². The molecule has 21 heavy (non-hydrogen) atoms. The van der Waals surface area contributed by atoms with Gasteiger partial charge in [0.25, 0.3) is 0 Å². The highest BCUT2D eigenvalue weighted by atomic mass is 16.5. The predicted molar refractivity (Wildman–Crippen MR) is 84.1 cm³/mol. The number of fused-ring (bicyclic) bond motifs is 1. The lowest BCUT2D eigenvalue weighted by molar-refractivity contribution is 0.462. The maximum absolute atomic E-state index is 5.90. The van der Waals surface area contributed by atoms with Crippen molar-refractivity contribution in [1.82, 2.24) is 4.98 Å². The van der Waals surface area contributed by atoms with Crippen molar-refractivity contribution in [2.75, 3.05) is 0 Å². The Morgan fingerprint density at radius 1 is 1.05 bits per heavy atom. The third kappa shape index (κ3) is 2.77. The molecule has 0 unspecified atom stereocenters. The summed E-state index contributed by atoms with van der Waals surface area (Å²) in [6.07, 6.45) is 3.52. The van der Waals surface area contributed by atoms with Crippen LogP contribution in [0.5, 0.6) is 11.6 Å². The van der Waals surface area contributed by atoms with Gasteiger partial charge in [0.15, 0.2) is 5.58 Å². The van der Waals surface area contributed by atoms with Crippen molar-refractivity contribution in [2.24, 2.45) is 0 Å². The Labute approximate surface area is 124 Å². The number of nitrogens with zero attached hydrogens (tertiary/aromatic N) is 1. The second-order valence-electron chi connectivity index (χ2n) is 5.79. The summed E-state index contributed by atoms with van der Waals surface area (Å²) < 4.78 is 11.4. The fourth-order valence-electron chi connectivity index (χ4n) is 2.55. The first-order valence-corrected chi connectivity index (χ1v) is 7.16. The third-order valence-electron chi connectivity index (χ3n) is 3.51. The van der Waals surface area contributed by atoms with Crippen molar-refractivity contribution in [2.45, 2.75) is 33.6 Å². The van der Waals surface area contributed by atoms with E-state index in [2.05, 4.69) is 38.7 Å². The van der Waals surface area contributed by atoms with Crippen LogP contribution in [0.4, 0.5) is 0 Å². The summed E-state index contributed by atoms with van der Waals surface area (Å²) in [5.41, 5.74) is 4.33. The number of ether oxygens (including phenoxy) is 1. The molecule has 108 valence electrons. The average molecular weight is 281 g/mol. The van der Waals surface area contributed by atoms with Crippen LogP contribution >= 0.6 is 0 Å². The molecule has 1 aromatic carbocycles. The maximum atomic E-state index is 5.90. The number of furan rings is 1. The number of aryl methyl sites for hydroxylation is 2. The molecule has 0 spiro atoms. The van der Waals surface area contributed by atoms with Gasteiger partial charge in [-0.2, -0.15) is 0 Å². The van der Waals surface area contributed by atoms with E-state index in [-0.39, 0.29) is 0 Å². The van der Waals surface area contributed by atoms with E-state index in [1.54, 1.807) is 12.5 Å². The Bertz CT molecular complexity index is 767. The predicted octanol–water partition coefficient (Wildman–Crippen LogP) is 5.36. The van der Waals surface area contributed by atoms with Crippen molar-refractivity contribution in [3.63, 3.8) is 0 Å². The minimum atomic E-state index is 0.405. The first-order valence-electron chi connectivity index (χ1n) is 7.16. The van der Waals surface area contributed by atoms with Gasteiger partial charge in [-0.15, -0.1) is 0 Å².